The van der Waals surface area contributed by atoms with Crippen LogP contribution in [-0.2, 0) is 9.53 Å². The lowest BCUT2D eigenvalue weighted by Crippen LogP contribution is -2.44. The molecule has 0 heterocycles. The second-order valence-electron chi connectivity index (χ2n) is 3.56. The second-order valence-corrected chi connectivity index (χ2v) is 3.56. The molecule has 0 spiro atoms. The first-order valence-electron chi connectivity index (χ1n) is 4.74. The minimum atomic E-state index is -0.168. The first-order chi connectivity index (χ1) is 6.22. The highest BCUT2D eigenvalue weighted by atomic mass is 16.5. The molecule has 0 saturated heterocycles. The SMILES string of the molecule is COC1(CC(=O)NCCN)CCC1. The average Bonchev–Trinajstić information content (AvgIpc) is 2.08. The fourth-order valence-electron chi connectivity index (χ4n) is 1.59. The molecule has 0 aliphatic heterocycles. The summed E-state index contributed by atoms with van der Waals surface area (Å²) in [6.45, 7) is 1.05. The highest BCUT2D eigenvalue weighted by Gasteiger charge is 2.38. The third-order valence-corrected chi connectivity index (χ3v) is 2.65. The Morgan fingerprint density at radius 1 is 1.62 bits per heavy atom. The molecule has 1 rings (SSSR count). The van der Waals surface area contributed by atoms with Crippen molar-refractivity contribution in [3.8, 4) is 0 Å². The van der Waals surface area contributed by atoms with E-state index in [2.05, 4.69) is 5.32 Å². The standard InChI is InChI=1S/C9H18N2O2/c1-13-9(3-2-4-9)7-8(12)11-6-5-10/h2-7,10H2,1H3,(H,11,12). The molecule has 1 aliphatic carbocycles. The molecular formula is C9H18N2O2. The van der Waals surface area contributed by atoms with E-state index in [4.69, 9.17) is 10.5 Å². The lowest BCUT2D eigenvalue weighted by molar-refractivity contribution is -0.134. The van der Waals surface area contributed by atoms with Gasteiger partial charge in [0.25, 0.3) is 0 Å². The minimum Gasteiger partial charge on any atom is -0.378 e. The highest BCUT2D eigenvalue weighted by Crippen LogP contribution is 2.37. The van der Waals surface area contributed by atoms with Crippen molar-refractivity contribution >= 4 is 5.91 Å². The Morgan fingerprint density at radius 3 is 2.69 bits per heavy atom. The summed E-state index contributed by atoms with van der Waals surface area (Å²) < 4.78 is 5.33. The summed E-state index contributed by atoms with van der Waals surface area (Å²) in [7, 11) is 1.68. The predicted octanol–water partition coefficient (Wildman–Crippen LogP) is 0.0205. The van der Waals surface area contributed by atoms with Crippen molar-refractivity contribution in [2.24, 2.45) is 5.73 Å². The third-order valence-electron chi connectivity index (χ3n) is 2.65. The summed E-state index contributed by atoms with van der Waals surface area (Å²) in [5.41, 5.74) is 5.11. The van der Waals surface area contributed by atoms with Gasteiger partial charge in [0.2, 0.25) is 5.91 Å². The van der Waals surface area contributed by atoms with Crippen LogP contribution in [0.5, 0.6) is 0 Å². The van der Waals surface area contributed by atoms with Gasteiger partial charge in [-0.25, -0.2) is 0 Å². The molecule has 1 saturated carbocycles. The van der Waals surface area contributed by atoms with Crippen LogP contribution in [0.4, 0.5) is 0 Å². The molecular weight excluding hydrogens is 168 g/mol. The van der Waals surface area contributed by atoms with Crippen LogP contribution in [0.3, 0.4) is 0 Å². The number of ether oxygens (including phenoxy) is 1. The molecule has 3 N–H and O–H groups in total. The van der Waals surface area contributed by atoms with Gasteiger partial charge >= 0.3 is 0 Å². The number of amides is 1. The number of methoxy groups -OCH3 is 1. The summed E-state index contributed by atoms with van der Waals surface area (Å²) >= 11 is 0. The maximum Gasteiger partial charge on any atom is 0.222 e. The summed E-state index contributed by atoms with van der Waals surface area (Å²) in [5.74, 6) is 0.0481. The highest BCUT2D eigenvalue weighted by molar-refractivity contribution is 5.77. The van der Waals surface area contributed by atoms with Crippen LogP contribution in [0.25, 0.3) is 0 Å². The van der Waals surface area contributed by atoms with E-state index >= 15 is 0 Å². The third kappa shape index (κ3) is 2.67. The maximum absolute atomic E-state index is 11.3. The van der Waals surface area contributed by atoms with E-state index < -0.39 is 0 Å². The number of nitrogens with two attached hydrogens (primary N) is 1. The Bertz CT molecular complexity index is 173. The molecule has 13 heavy (non-hydrogen) atoms. The molecule has 0 atom stereocenters. The van der Waals surface area contributed by atoms with Gasteiger partial charge in [-0.15, -0.1) is 0 Å². The quantitative estimate of drug-likeness (QED) is 0.636. The van der Waals surface area contributed by atoms with Gasteiger partial charge < -0.3 is 15.8 Å². The topological polar surface area (TPSA) is 64.3 Å². The molecule has 76 valence electrons. The Kier molecular flexibility index (Phi) is 3.69. The van der Waals surface area contributed by atoms with Gasteiger partial charge in [0.1, 0.15) is 0 Å². The van der Waals surface area contributed by atoms with Gasteiger partial charge in [-0.1, -0.05) is 0 Å². The van der Waals surface area contributed by atoms with Crippen LogP contribution in [0.1, 0.15) is 25.7 Å². The van der Waals surface area contributed by atoms with Crippen molar-refractivity contribution < 1.29 is 9.53 Å². The number of rotatable bonds is 5. The molecule has 1 fully saturated rings. The first kappa shape index (κ1) is 10.5. The number of carbonyl (C=O) groups excluding carboxylic acids is 1. The monoisotopic (exact) mass is 186 g/mol. The lowest BCUT2D eigenvalue weighted by atomic mass is 9.77. The van der Waals surface area contributed by atoms with Crippen molar-refractivity contribution in [1.29, 1.82) is 0 Å². The zero-order chi connectivity index (χ0) is 9.73. The van der Waals surface area contributed by atoms with Crippen LogP contribution in [0.15, 0.2) is 0 Å². The normalized spacial score (nSPS) is 19.2. The number of hydrogen-bond donors (Lipinski definition) is 2. The summed E-state index contributed by atoms with van der Waals surface area (Å²) in [5, 5.41) is 2.75. The summed E-state index contributed by atoms with van der Waals surface area (Å²) in [6, 6.07) is 0. The fourth-order valence-corrected chi connectivity index (χ4v) is 1.59. The van der Waals surface area contributed by atoms with Gasteiger partial charge in [-0.05, 0) is 19.3 Å². The van der Waals surface area contributed by atoms with E-state index in [-0.39, 0.29) is 11.5 Å². The Morgan fingerprint density at radius 2 is 2.31 bits per heavy atom. The number of carbonyl (C=O) groups is 1. The summed E-state index contributed by atoms with van der Waals surface area (Å²) in [4.78, 5) is 11.3. The lowest BCUT2D eigenvalue weighted by Gasteiger charge is -2.39. The second kappa shape index (κ2) is 4.58. The van der Waals surface area contributed by atoms with E-state index in [1.54, 1.807) is 7.11 Å². The largest absolute Gasteiger partial charge is 0.378 e. The van der Waals surface area contributed by atoms with Crippen molar-refractivity contribution in [3.63, 3.8) is 0 Å². The van der Waals surface area contributed by atoms with E-state index in [1.807, 2.05) is 0 Å². The molecule has 0 radical (unpaired) electrons. The number of nitrogens with one attached hydrogen (secondary N) is 1. The molecule has 0 bridgehead atoms. The number of hydrogen-bond acceptors (Lipinski definition) is 3. The Hall–Kier alpha value is -0.610. The van der Waals surface area contributed by atoms with E-state index in [1.165, 1.54) is 0 Å². The van der Waals surface area contributed by atoms with Crippen LogP contribution in [0, 0.1) is 0 Å². The van der Waals surface area contributed by atoms with Crippen molar-refractivity contribution in [2.45, 2.75) is 31.3 Å². The molecule has 0 aromatic heterocycles. The Labute approximate surface area is 78.8 Å². The van der Waals surface area contributed by atoms with Crippen LogP contribution in [0.2, 0.25) is 0 Å². The molecule has 0 aromatic carbocycles. The van der Waals surface area contributed by atoms with Crippen molar-refractivity contribution in [2.75, 3.05) is 20.2 Å². The zero-order valence-electron chi connectivity index (χ0n) is 8.14. The average molecular weight is 186 g/mol. The van der Waals surface area contributed by atoms with Gasteiger partial charge in [0.15, 0.2) is 0 Å². The smallest absolute Gasteiger partial charge is 0.222 e. The molecule has 1 aliphatic rings. The van der Waals surface area contributed by atoms with Gasteiger partial charge in [-0.3, -0.25) is 4.79 Å². The molecule has 0 unspecified atom stereocenters. The summed E-state index contributed by atoms with van der Waals surface area (Å²) in [6.07, 6.45) is 3.64. The zero-order valence-corrected chi connectivity index (χ0v) is 8.14. The fraction of sp³-hybridized carbons (Fsp3) is 0.889. The van der Waals surface area contributed by atoms with Crippen molar-refractivity contribution in [3.05, 3.63) is 0 Å². The van der Waals surface area contributed by atoms with Crippen LogP contribution in [-0.4, -0.2) is 31.7 Å². The van der Waals surface area contributed by atoms with Crippen molar-refractivity contribution in [1.82, 2.24) is 5.32 Å². The van der Waals surface area contributed by atoms with Gasteiger partial charge in [0.05, 0.1) is 12.0 Å². The van der Waals surface area contributed by atoms with Crippen LogP contribution >= 0.6 is 0 Å². The molecule has 0 aromatic rings. The van der Waals surface area contributed by atoms with E-state index in [0.29, 0.717) is 19.5 Å². The first-order valence-corrected chi connectivity index (χ1v) is 4.74. The van der Waals surface area contributed by atoms with Crippen LogP contribution < -0.4 is 11.1 Å². The molecule has 4 nitrogen and oxygen atoms in total. The minimum absolute atomic E-state index is 0.0481. The maximum atomic E-state index is 11.3. The predicted molar refractivity (Wildman–Crippen MR) is 50.3 cm³/mol. The van der Waals surface area contributed by atoms with Gasteiger partial charge in [-0.2, -0.15) is 0 Å². The molecule has 1 amide bonds. The van der Waals surface area contributed by atoms with Gasteiger partial charge in [0, 0.05) is 20.2 Å². The molecule has 4 heteroatoms. The van der Waals surface area contributed by atoms with E-state index in [0.717, 1.165) is 19.3 Å². The van der Waals surface area contributed by atoms with E-state index in [9.17, 15) is 4.79 Å². The Balaban J connectivity index is 2.25.